The minimum atomic E-state index is -0.624. The lowest BCUT2D eigenvalue weighted by Gasteiger charge is -2.23. The highest BCUT2D eigenvalue weighted by Crippen LogP contribution is 2.27. The molecule has 2 rings (SSSR count). The van der Waals surface area contributed by atoms with Crippen molar-refractivity contribution < 1.29 is 9.84 Å². The highest BCUT2D eigenvalue weighted by atomic mass is 16.5. The van der Waals surface area contributed by atoms with Crippen LogP contribution in [0.2, 0.25) is 0 Å². The van der Waals surface area contributed by atoms with Gasteiger partial charge in [-0.15, -0.1) is 0 Å². The van der Waals surface area contributed by atoms with Crippen LogP contribution < -0.4 is 15.7 Å². The van der Waals surface area contributed by atoms with Gasteiger partial charge in [0.1, 0.15) is 24.0 Å². The Morgan fingerprint density at radius 2 is 1.91 bits per heavy atom. The van der Waals surface area contributed by atoms with Crippen LogP contribution in [0.15, 0.2) is 10.9 Å². The number of hydrogen-bond donors (Lipinski definition) is 4. The smallest absolute Gasteiger partial charge is 0.323 e. The summed E-state index contributed by atoms with van der Waals surface area (Å²) < 4.78 is 5.72. The fraction of sp³-hybridized carbons (Fsp3) is 0.562. The van der Waals surface area contributed by atoms with Crippen LogP contribution in [0.4, 0.5) is 0 Å². The zero-order chi connectivity index (χ0) is 16.5. The van der Waals surface area contributed by atoms with Crippen molar-refractivity contribution in [2.45, 2.75) is 46.3 Å². The Morgan fingerprint density at radius 3 is 2.55 bits per heavy atom. The molecule has 0 saturated heterocycles. The van der Waals surface area contributed by atoms with Crippen molar-refractivity contribution in [1.29, 1.82) is 0 Å². The van der Waals surface area contributed by atoms with Gasteiger partial charge in [0, 0.05) is 12.1 Å². The van der Waals surface area contributed by atoms with E-state index in [1.165, 1.54) is 0 Å². The number of benzene rings is 1. The maximum atomic E-state index is 11.5. The number of ether oxygens (including phenoxy) is 1. The maximum Gasteiger partial charge on any atom is 0.323 e. The average Bonchev–Trinajstić information content (AvgIpc) is 2.80. The van der Waals surface area contributed by atoms with Crippen molar-refractivity contribution in [3.05, 3.63) is 27.7 Å². The predicted molar refractivity (Wildman–Crippen MR) is 87.7 cm³/mol. The number of nitrogens with one attached hydrogen (secondary N) is 3. The zero-order valence-electron chi connectivity index (χ0n) is 13.8. The van der Waals surface area contributed by atoms with Gasteiger partial charge in [-0.2, -0.15) is 0 Å². The lowest BCUT2D eigenvalue weighted by molar-refractivity contribution is 0.101. The second-order valence-electron chi connectivity index (χ2n) is 6.74. The summed E-state index contributed by atoms with van der Waals surface area (Å²) in [5.74, 6) is 0.575. The first-order valence-corrected chi connectivity index (χ1v) is 7.45. The van der Waals surface area contributed by atoms with Gasteiger partial charge in [0.25, 0.3) is 0 Å². The number of aliphatic hydroxyl groups excluding tert-OH is 1. The molecule has 0 aliphatic heterocycles. The van der Waals surface area contributed by atoms with Crippen molar-refractivity contribution >= 4 is 11.0 Å². The van der Waals surface area contributed by atoms with Crippen LogP contribution in [-0.4, -0.2) is 39.9 Å². The standard InChI is InChI=1S/C16H25N3O3/c1-9-6-12(14-13(10(9)2)18-15(21)19-14)22-8-11(20)7-17-16(3,4)5/h6,11,17,20H,7-8H2,1-5H3,(H2,18,19,21). The minimum absolute atomic E-state index is 0.0550. The number of imidazole rings is 1. The molecule has 2 aromatic rings. The normalized spacial score (nSPS) is 13.5. The van der Waals surface area contributed by atoms with Gasteiger partial charge >= 0.3 is 5.69 Å². The molecule has 6 nitrogen and oxygen atoms in total. The Labute approximate surface area is 129 Å². The third-order valence-electron chi connectivity index (χ3n) is 3.59. The molecule has 122 valence electrons. The zero-order valence-corrected chi connectivity index (χ0v) is 13.8. The monoisotopic (exact) mass is 307 g/mol. The summed E-state index contributed by atoms with van der Waals surface area (Å²) in [6.07, 6.45) is -0.624. The van der Waals surface area contributed by atoms with Crippen LogP contribution in [0, 0.1) is 13.8 Å². The Bertz CT molecular complexity index is 710. The van der Waals surface area contributed by atoms with Gasteiger partial charge in [-0.25, -0.2) is 4.79 Å². The van der Waals surface area contributed by atoms with Gasteiger partial charge in [-0.05, 0) is 51.8 Å². The Hall–Kier alpha value is -1.79. The molecule has 1 heterocycles. The van der Waals surface area contributed by atoms with Crippen LogP contribution in [0.3, 0.4) is 0 Å². The Balaban J connectivity index is 2.12. The van der Waals surface area contributed by atoms with E-state index in [1.54, 1.807) is 0 Å². The van der Waals surface area contributed by atoms with E-state index in [1.807, 2.05) is 40.7 Å². The minimum Gasteiger partial charge on any atom is -0.489 e. The molecule has 0 aliphatic carbocycles. The number of hydrogen-bond acceptors (Lipinski definition) is 4. The molecule has 0 spiro atoms. The Kier molecular flexibility index (Phi) is 4.63. The number of aliphatic hydroxyl groups is 1. The molecular weight excluding hydrogens is 282 g/mol. The molecule has 0 amide bonds. The van der Waals surface area contributed by atoms with Gasteiger partial charge in [0.05, 0.1) is 5.52 Å². The quantitative estimate of drug-likeness (QED) is 0.675. The van der Waals surface area contributed by atoms with Gasteiger partial charge < -0.3 is 25.1 Å². The number of fused-ring (bicyclic) bond motifs is 1. The fourth-order valence-corrected chi connectivity index (χ4v) is 2.21. The third-order valence-corrected chi connectivity index (χ3v) is 3.59. The summed E-state index contributed by atoms with van der Waals surface area (Å²) in [5, 5.41) is 13.2. The van der Waals surface area contributed by atoms with Crippen LogP contribution >= 0.6 is 0 Å². The molecule has 1 unspecified atom stereocenters. The molecule has 0 saturated carbocycles. The van der Waals surface area contributed by atoms with E-state index in [0.717, 1.165) is 16.6 Å². The van der Waals surface area contributed by atoms with E-state index in [4.69, 9.17) is 4.74 Å². The summed E-state index contributed by atoms with van der Waals surface area (Å²) >= 11 is 0. The second kappa shape index (κ2) is 6.14. The molecular formula is C16H25N3O3. The second-order valence-corrected chi connectivity index (χ2v) is 6.74. The Morgan fingerprint density at radius 1 is 1.27 bits per heavy atom. The summed E-state index contributed by atoms with van der Waals surface area (Å²) in [7, 11) is 0. The molecule has 1 atom stereocenters. The van der Waals surface area contributed by atoms with Crippen molar-refractivity contribution in [3.63, 3.8) is 0 Å². The predicted octanol–water partition coefficient (Wildman–Crippen LogP) is 1.60. The van der Waals surface area contributed by atoms with E-state index < -0.39 is 6.10 Å². The molecule has 0 radical (unpaired) electrons. The van der Waals surface area contributed by atoms with E-state index in [9.17, 15) is 9.90 Å². The lowest BCUT2D eigenvalue weighted by Crippen LogP contribution is -2.42. The van der Waals surface area contributed by atoms with E-state index in [2.05, 4.69) is 15.3 Å². The van der Waals surface area contributed by atoms with Crippen molar-refractivity contribution in [1.82, 2.24) is 15.3 Å². The van der Waals surface area contributed by atoms with E-state index in [0.29, 0.717) is 17.8 Å². The van der Waals surface area contributed by atoms with Crippen LogP contribution in [0.1, 0.15) is 31.9 Å². The first-order chi connectivity index (χ1) is 10.2. The van der Waals surface area contributed by atoms with Crippen LogP contribution in [0.5, 0.6) is 5.75 Å². The summed E-state index contributed by atoms with van der Waals surface area (Å²) in [6, 6.07) is 1.88. The fourth-order valence-electron chi connectivity index (χ4n) is 2.21. The van der Waals surface area contributed by atoms with Gasteiger partial charge in [-0.3, -0.25) is 0 Å². The molecule has 0 aliphatic rings. The van der Waals surface area contributed by atoms with E-state index in [-0.39, 0.29) is 17.8 Å². The molecule has 1 aromatic carbocycles. The SMILES string of the molecule is Cc1cc(OCC(O)CNC(C)(C)C)c2[nH]c(=O)[nH]c2c1C. The van der Waals surface area contributed by atoms with E-state index >= 15 is 0 Å². The molecule has 1 aromatic heterocycles. The molecule has 0 bridgehead atoms. The number of aromatic amines is 2. The largest absolute Gasteiger partial charge is 0.489 e. The highest BCUT2D eigenvalue weighted by molar-refractivity contribution is 5.85. The first-order valence-electron chi connectivity index (χ1n) is 7.45. The molecule has 4 N–H and O–H groups in total. The topological polar surface area (TPSA) is 90.1 Å². The lowest BCUT2D eigenvalue weighted by atomic mass is 10.1. The van der Waals surface area contributed by atoms with Gasteiger partial charge in [0.15, 0.2) is 0 Å². The van der Waals surface area contributed by atoms with Crippen molar-refractivity contribution in [2.24, 2.45) is 0 Å². The third kappa shape index (κ3) is 3.90. The number of β-amino-alcohol motifs (C(OH)–C–C–N with tert-alkyl or cyclic N) is 1. The van der Waals surface area contributed by atoms with Crippen LogP contribution in [0.25, 0.3) is 11.0 Å². The van der Waals surface area contributed by atoms with Crippen LogP contribution in [-0.2, 0) is 0 Å². The number of aryl methyl sites for hydroxylation is 2. The highest BCUT2D eigenvalue weighted by Gasteiger charge is 2.15. The maximum absolute atomic E-state index is 11.5. The van der Waals surface area contributed by atoms with Gasteiger partial charge in [-0.1, -0.05) is 0 Å². The average molecular weight is 307 g/mol. The number of H-pyrrole nitrogens is 2. The summed E-state index contributed by atoms with van der Waals surface area (Å²) in [6.45, 7) is 10.6. The van der Waals surface area contributed by atoms with Crippen molar-refractivity contribution in [3.8, 4) is 5.75 Å². The molecule has 6 heteroatoms. The summed E-state index contributed by atoms with van der Waals surface area (Å²) in [4.78, 5) is 17.0. The molecule has 0 fully saturated rings. The first kappa shape index (κ1) is 16.6. The summed E-state index contributed by atoms with van der Waals surface area (Å²) in [5.41, 5.74) is 3.12. The van der Waals surface area contributed by atoms with Gasteiger partial charge in [0.2, 0.25) is 0 Å². The number of aromatic nitrogens is 2. The molecule has 22 heavy (non-hydrogen) atoms. The number of rotatable bonds is 5. The van der Waals surface area contributed by atoms with Crippen molar-refractivity contribution in [2.75, 3.05) is 13.2 Å².